The minimum Gasteiger partial charge on any atom is -0.353 e. The molecule has 0 aliphatic carbocycles. The second-order valence-electron chi connectivity index (χ2n) is 6.50. The molecular weight excluding hydrogens is 328 g/mol. The third-order valence-electron chi connectivity index (χ3n) is 4.49. The van der Waals surface area contributed by atoms with E-state index in [4.69, 9.17) is 0 Å². The number of rotatable bonds is 5. The lowest BCUT2D eigenvalue weighted by Gasteiger charge is -2.35. The van der Waals surface area contributed by atoms with Crippen molar-refractivity contribution >= 4 is 17.6 Å². The Labute approximate surface area is 153 Å². The summed E-state index contributed by atoms with van der Waals surface area (Å²) in [7, 11) is 0. The molecule has 0 unspecified atom stereocenters. The van der Waals surface area contributed by atoms with Crippen molar-refractivity contribution in [1.29, 1.82) is 0 Å². The van der Waals surface area contributed by atoms with Crippen molar-refractivity contribution in [2.75, 3.05) is 37.6 Å². The molecular formula is C20H24N4O2. The number of hydrogen-bond donors (Lipinski definition) is 1. The van der Waals surface area contributed by atoms with Crippen LogP contribution in [0.4, 0.5) is 5.82 Å². The molecule has 2 amide bonds. The number of amides is 2. The molecule has 136 valence electrons. The Bertz CT molecular complexity index is 755. The number of anilines is 1. The number of nitrogens with zero attached hydrogens (tertiary/aromatic N) is 3. The molecule has 1 saturated heterocycles. The van der Waals surface area contributed by atoms with Crippen molar-refractivity contribution in [2.45, 2.75) is 13.3 Å². The second kappa shape index (κ2) is 8.47. The normalized spacial score (nSPS) is 14.2. The van der Waals surface area contributed by atoms with Crippen LogP contribution < -0.4 is 10.2 Å². The van der Waals surface area contributed by atoms with E-state index in [2.05, 4.69) is 15.2 Å². The van der Waals surface area contributed by atoms with E-state index in [1.807, 2.05) is 49.4 Å². The zero-order valence-electron chi connectivity index (χ0n) is 15.0. The molecule has 1 aliphatic heterocycles. The summed E-state index contributed by atoms with van der Waals surface area (Å²) in [5, 5.41) is 2.73. The summed E-state index contributed by atoms with van der Waals surface area (Å²) in [5.41, 5.74) is 2.08. The number of benzene rings is 1. The SMILES string of the molecule is Cc1cccc(CC(=O)NCC(=O)N2CCN(c3ccccn3)CC2)c1. The van der Waals surface area contributed by atoms with E-state index in [1.165, 1.54) is 0 Å². The molecule has 0 saturated carbocycles. The molecule has 2 heterocycles. The third-order valence-corrected chi connectivity index (χ3v) is 4.49. The summed E-state index contributed by atoms with van der Waals surface area (Å²) in [6.07, 6.45) is 2.07. The molecule has 1 fully saturated rings. The van der Waals surface area contributed by atoms with Gasteiger partial charge in [0.15, 0.2) is 0 Å². The van der Waals surface area contributed by atoms with Crippen LogP contribution in [0.1, 0.15) is 11.1 Å². The van der Waals surface area contributed by atoms with Crippen molar-refractivity contribution in [3.8, 4) is 0 Å². The molecule has 26 heavy (non-hydrogen) atoms. The lowest BCUT2D eigenvalue weighted by atomic mass is 10.1. The van der Waals surface area contributed by atoms with Gasteiger partial charge in [-0.1, -0.05) is 35.9 Å². The molecule has 0 bridgehead atoms. The van der Waals surface area contributed by atoms with Crippen molar-refractivity contribution in [1.82, 2.24) is 15.2 Å². The Morgan fingerprint density at radius 1 is 1.08 bits per heavy atom. The van der Waals surface area contributed by atoms with E-state index in [-0.39, 0.29) is 18.4 Å². The maximum Gasteiger partial charge on any atom is 0.242 e. The highest BCUT2D eigenvalue weighted by molar-refractivity contribution is 5.85. The predicted molar refractivity (Wildman–Crippen MR) is 101 cm³/mol. The first kappa shape index (κ1) is 17.9. The number of piperazine rings is 1. The van der Waals surface area contributed by atoms with Gasteiger partial charge in [-0.25, -0.2) is 4.98 Å². The topological polar surface area (TPSA) is 65.5 Å². The summed E-state index contributed by atoms with van der Waals surface area (Å²) in [6, 6.07) is 13.7. The van der Waals surface area contributed by atoms with Crippen molar-refractivity contribution < 1.29 is 9.59 Å². The zero-order chi connectivity index (χ0) is 18.4. The van der Waals surface area contributed by atoms with E-state index in [9.17, 15) is 9.59 Å². The molecule has 0 atom stereocenters. The first-order valence-electron chi connectivity index (χ1n) is 8.88. The van der Waals surface area contributed by atoms with Crippen molar-refractivity contribution in [3.05, 3.63) is 59.8 Å². The number of nitrogens with one attached hydrogen (secondary N) is 1. The van der Waals surface area contributed by atoms with Gasteiger partial charge in [0.05, 0.1) is 13.0 Å². The molecule has 6 heteroatoms. The fourth-order valence-corrected chi connectivity index (χ4v) is 3.08. The highest BCUT2D eigenvalue weighted by Gasteiger charge is 2.21. The number of aromatic nitrogens is 1. The standard InChI is InChI=1S/C20H24N4O2/c1-16-5-4-6-17(13-16)14-19(25)22-15-20(26)24-11-9-23(10-12-24)18-7-2-3-8-21-18/h2-8,13H,9-12,14-15H2,1H3,(H,22,25). The molecule has 0 radical (unpaired) electrons. The molecule has 1 aromatic carbocycles. The van der Waals surface area contributed by atoms with Gasteiger partial charge in [0, 0.05) is 32.4 Å². The Morgan fingerprint density at radius 2 is 1.88 bits per heavy atom. The van der Waals surface area contributed by atoms with Crippen LogP contribution in [0.5, 0.6) is 0 Å². The van der Waals surface area contributed by atoms with Gasteiger partial charge in [-0.3, -0.25) is 9.59 Å². The first-order chi connectivity index (χ1) is 12.6. The molecule has 3 rings (SSSR count). The van der Waals surface area contributed by atoms with Crippen LogP contribution in [0.25, 0.3) is 0 Å². The van der Waals surface area contributed by atoms with Crippen LogP contribution in [-0.4, -0.2) is 54.4 Å². The quantitative estimate of drug-likeness (QED) is 0.883. The zero-order valence-corrected chi connectivity index (χ0v) is 15.0. The smallest absolute Gasteiger partial charge is 0.242 e. The summed E-state index contributed by atoms with van der Waals surface area (Å²) in [6.45, 7) is 4.83. The van der Waals surface area contributed by atoms with Gasteiger partial charge in [0.1, 0.15) is 5.82 Å². The Hall–Kier alpha value is -2.89. The van der Waals surface area contributed by atoms with Crippen LogP contribution in [-0.2, 0) is 16.0 Å². The minimum atomic E-state index is -0.129. The summed E-state index contributed by atoms with van der Waals surface area (Å²) < 4.78 is 0. The number of carbonyl (C=O) groups is 2. The Kier molecular flexibility index (Phi) is 5.84. The third kappa shape index (κ3) is 4.81. The van der Waals surface area contributed by atoms with Crippen molar-refractivity contribution in [3.63, 3.8) is 0 Å². The number of hydrogen-bond acceptors (Lipinski definition) is 4. The average molecular weight is 352 g/mol. The predicted octanol–water partition coefficient (Wildman–Crippen LogP) is 1.40. The van der Waals surface area contributed by atoms with Crippen LogP contribution in [0.3, 0.4) is 0 Å². The van der Waals surface area contributed by atoms with Crippen molar-refractivity contribution in [2.24, 2.45) is 0 Å². The summed E-state index contributed by atoms with van der Waals surface area (Å²) in [5.74, 6) is 0.769. The molecule has 1 aromatic heterocycles. The van der Waals surface area contributed by atoms with E-state index in [0.29, 0.717) is 19.5 Å². The van der Waals surface area contributed by atoms with Crippen LogP contribution >= 0.6 is 0 Å². The van der Waals surface area contributed by atoms with Gasteiger partial charge in [-0.2, -0.15) is 0 Å². The van der Waals surface area contributed by atoms with Gasteiger partial charge in [0.25, 0.3) is 0 Å². The van der Waals surface area contributed by atoms with Crippen LogP contribution in [0.15, 0.2) is 48.7 Å². The average Bonchev–Trinajstić information content (AvgIpc) is 2.67. The van der Waals surface area contributed by atoms with Crippen LogP contribution in [0.2, 0.25) is 0 Å². The lowest BCUT2D eigenvalue weighted by molar-refractivity contribution is -0.133. The second-order valence-corrected chi connectivity index (χ2v) is 6.50. The number of pyridine rings is 1. The summed E-state index contributed by atoms with van der Waals surface area (Å²) in [4.78, 5) is 32.7. The highest BCUT2D eigenvalue weighted by Crippen LogP contribution is 2.12. The molecule has 0 spiro atoms. The molecule has 1 aliphatic rings. The fraction of sp³-hybridized carbons (Fsp3) is 0.350. The molecule has 1 N–H and O–H groups in total. The summed E-state index contributed by atoms with van der Waals surface area (Å²) >= 11 is 0. The minimum absolute atomic E-state index is 0.0386. The molecule has 2 aromatic rings. The largest absolute Gasteiger partial charge is 0.353 e. The lowest BCUT2D eigenvalue weighted by Crippen LogP contribution is -2.51. The maximum atomic E-state index is 12.3. The number of aryl methyl sites for hydroxylation is 1. The Morgan fingerprint density at radius 3 is 2.58 bits per heavy atom. The van der Waals surface area contributed by atoms with E-state index in [0.717, 1.165) is 30.0 Å². The number of carbonyl (C=O) groups excluding carboxylic acids is 2. The fourth-order valence-electron chi connectivity index (χ4n) is 3.08. The van der Waals surface area contributed by atoms with Gasteiger partial charge >= 0.3 is 0 Å². The van der Waals surface area contributed by atoms with E-state index in [1.54, 1.807) is 11.1 Å². The first-order valence-corrected chi connectivity index (χ1v) is 8.88. The maximum absolute atomic E-state index is 12.3. The monoisotopic (exact) mass is 352 g/mol. The highest BCUT2D eigenvalue weighted by atomic mass is 16.2. The van der Waals surface area contributed by atoms with Crippen LogP contribution in [0, 0.1) is 6.92 Å². The van der Waals surface area contributed by atoms with E-state index >= 15 is 0 Å². The van der Waals surface area contributed by atoms with Gasteiger partial charge in [-0.05, 0) is 24.6 Å². The van der Waals surface area contributed by atoms with Gasteiger partial charge in [-0.15, -0.1) is 0 Å². The van der Waals surface area contributed by atoms with E-state index < -0.39 is 0 Å². The van der Waals surface area contributed by atoms with Gasteiger partial charge < -0.3 is 15.1 Å². The van der Waals surface area contributed by atoms with Gasteiger partial charge in [0.2, 0.25) is 11.8 Å². The Balaban J connectivity index is 1.42. The molecule has 6 nitrogen and oxygen atoms in total.